The van der Waals surface area contributed by atoms with Gasteiger partial charge in [-0.15, -0.1) is 11.8 Å². The van der Waals surface area contributed by atoms with Gasteiger partial charge in [-0.25, -0.2) is 0 Å². The van der Waals surface area contributed by atoms with Gasteiger partial charge in [0.15, 0.2) is 0 Å². The number of likely N-dealkylation sites (tertiary alicyclic amines) is 1. The van der Waals surface area contributed by atoms with Crippen LogP contribution in [-0.4, -0.2) is 49.8 Å². The Kier molecular flexibility index (Phi) is 7.92. The van der Waals surface area contributed by atoms with Crippen molar-refractivity contribution < 1.29 is 9.53 Å². The van der Waals surface area contributed by atoms with Crippen LogP contribution < -0.4 is 10.1 Å². The zero-order chi connectivity index (χ0) is 17.4. The van der Waals surface area contributed by atoms with Gasteiger partial charge in [0.25, 0.3) is 0 Å². The van der Waals surface area contributed by atoms with Crippen LogP contribution in [-0.2, 0) is 4.79 Å². The first-order valence-corrected chi connectivity index (χ1v) is 9.81. The van der Waals surface area contributed by atoms with Crippen molar-refractivity contribution in [2.75, 3.05) is 39.0 Å². The van der Waals surface area contributed by atoms with Crippen molar-refractivity contribution in [2.24, 2.45) is 11.8 Å². The average molecular weight is 351 g/mol. The highest BCUT2D eigenvalue weighted by Crippen LogP contribution is 2.21. The SMILES string of the molecule is COc1ccc(SCC(=O)NCCCN2C[C@H](C)C[C@@H](C)C2)cc1. The lowest BCUT2D eigenvalue weighted by Gasteiger charge is -2.34. The molecular formula is C19H30N2O2S. The number of ether oxygens (including phenoxy) is 1. The van der Waals surface area contributed by atoms with E-state index in [1.807, 2.05) is 24.3 Å². The summed E-state index contributed by atoms with van der Waals surface area (Å²) in [6.45, 7) is 8.92. The minimum atomic E-state index is 0.108. The first-order valence-electron chi connectivity index (χ1n) is 8.82. The molecule has 0 saturated carbocycles. The van der Waals surface area contributed by atoms with Crippen LogP contribution >= 0.6 is 11.8 Å². The first kappa shape index (κ1) is 19.1. The van der Waals surface area contributed by atoms with E-state index in [1.54, 1.807) is 18.9 Å². The van der Waals surface area contributed by atoms with Crippen molar-refractivity contribution in [3.8, 4) is 5.75 Å². The number of piperidine rings is 1. The molecule has 1 amide bonds. The van der Waals surface area contributed by atoms with E-state index in [-0.39, 0.29) is 5.91 Å². The van der Waals surface area contributed by atoms with Crippen LogP contribution in [0.25, 0.3) is 0 Å². The number of amides is 1. The molecule has 0 bridgehead atoms. The number of methoxy groups -OCH3 is 1. The summed E-state index contributed by atoms with van der Waals surface area (Å²) < 4.78 is 5.13. The molecule has 5 heteroatoms. The third-order valence-corrected chi connectivity index (χ3v) is 5.36. The van der Waals surface area contributed by atoms with Gasteiger partial charge in [0.2, 0.25) is 5.91 Å². The summed E-state index contributed by atoms with van der Waals surface area (Å²) >= 11 is 1.56. The maximum absolute atomic E-state index is 11.9. The van der Waals surface area contributed by atoms with Crippen LogP contribution in [0, 0.1) is 11.8 Å². The standard InChI is InChI=1S/C19H30N2O2S/c1-15-11-16(2)13-21(12-15)10-4-9-20-19(22)14-24-18-7-5-17(23-3)6-8-18/h5-8,15-16H,4,9-14H2,1-3H3,(H,20,22)/t15-,16-/m1/s1. The third kappa shape index (κ3) is 6.73. The lowest BCUT2D eigenvalue weighted by atomic mass is 9.92. The highest BCUT2D eigenvalue weighted by atomic mass is 32.2. The van der Waals surface area contributed by atoms with E-state index in [0.29, 0.717) is 5.75 Å². The van der Waals surface area contributed by atoms with Crippen molar-refractivity contribution in [3.63, 3.8) is 0 Å². The number of carbonyl (C=O) groups excluding carboxylic acids is 1. The van der Waals surface area contributed by atoms with Crippen molar-refractivity contribution in [2.45, 2.75) is 31.6 Å². The van der Waals surface area contributed by atoms with Gasteiger partial charge in [0, 0.05) is 24.5 Å². The molecule has 0 spiro atoms. The summed E-state index contributed by atoms with van der Waals surface area (Å²) in [6.07, 6.45) is 2.37. The Bertz CT molecular complexity index is 497. The number of benzene rings is 1. The zero-order valence-corrected chi connectivity index (χ0v) is 15.9. The van der Waals surface area contributed by atoms with E-state index in [1.165, 1.54) is 19.5 Å². The van der Waals surface area contributed by atoms with E-state index in [4.69, 9.17) is 4.74 Å². The molecule has 134 valence electrons. The summed E-state index contributed by atoms with van der Waals surface area (Å²) in [5.74, 6) is 3.00. The van der Waals surface area contributed by atoms with Crippen molar-refractivity contribution >= 4 is 17.7 Å². The number of hydrogen-bond acceptors (Lipinski definition) is 4. The Morgan fingerprint density at radius 2 is 1.92 bits per heavy atom. The van der Waals surface area contributed by atoms with E-state index in [9.17, 15) is 4.79 Å². The second kappa shape index (κ2) is 9.94. The quantitative estimate of drug-likeness (QED) is 0.577. The van der Waals surface area contributed by atoms with Gasteiger partial charge in [0.05, 0.1) is 12.9 Å². The molecule has 0 radical (unpaired) electrons. The predicted molar refractivity (Wildman–Crippen MR) is 101 cm³/mol. The maximum Gasteiger partial charge on any atom is 0.230 e. The van der Waals surface area contributed by atoms with Crippen LogP contribution in [0.3, 0.4) is 0 Å². The van der Waals surface area contributed by atoms with Gasteiger partial charge in [-0.3, -0.25) is 4.79 Å². The molecule has 1 aliphatic heterocycles. The number of carbonyl (C=O) groups is 1. The molecular weight excluding hydrogens is 320 g/mol. The molecule has 0 aromatic heterocycles. The maximum atomic E-state index is 11.9. The largest absolute Gasteiger partial charge is 0.497 e. The van der Waals surface area contributed by atoms with Gasteiger partial charge < -0.3 is 15.0 Å². The molecule has 1 saturated heterocycles. The Hall–Kier alpha value is -1.20. The van der Waals surface area contributed by atoms with Crippen LogP contribution in [0.4, 0.5) is 0 Å². The Labute approximate surface area is 150 Å². The van der Waals surface area contributed by atoms with E-state index in [2.05, 4.69) is 24.1 Å². The van der Waals surface area contributed by atoms with Crippen LogP contribution in [0.5, 0.6) is 5.75 Å². The van der Waals surface area contributed by atoms with Gasteiger partial charge >= 0.3 is 0 Å². The lowest BCUT2D eigenvalue weighted by molar-refractivity contribution is -0.118. The molecule has 0 aliphatic carbocycles. The highest BCUT2D eigenvalue weighted by Gasteiger charge is 2.20. The number of nitrogens with one attached hydrogen (secondary N) is 1. The van der Waals surface area contributed by atoms with Crippen LogP contribution in [0.1, 0.15) is 26.7 Å². The fraction of sp³-hybridized carbons (Fsp3) is 0.632. The summed E-state index contributed by atoms with van der Waals surface area (Å²) in [7, 11) is 1.65. The Balaban J connectivity index is 1.57. The monoisotopic (exact) mass is 350 g/mol. The number of nitrogens with zero attached hydrogens (tertiary/aromatic N) is 1. The van der Waals surface area contributed by atoms with Crippen molar-refractivity contribution in [3.05, 3.63) is 24.3 Å². The third-order valence-electron chi connectivity index (χ3n) is 4.35. The molecule has 1 aromatic carbocycles. The molecule has 2 rings (SSSR count). The number of hydrogen-bond donors (Lipinski definition) is 1. The molecule has 2 atom stereocenters. The minimum Gasteiger partial charge on any atom is -0.497 e. The second-order valence-electron chi connectivity index (χ2n) is 6.87. The minimum absolute atomic E-state index is 0.108. The summed E-state index contributed by atoms with van der Waals surface area (Å²) in [5, 5.41) is 3.03. The molecule has 1 aliphatic rings. The lowest BCUT2D eigenvalue weighted by Crippen LogP contribution is -2.40. The van der Waals surface area contributed by atoms with E-state index >= 15 is 0 Å². The molecule has 24 heavy (non-hydrogen) atoms. The molecule has 1 heterocycles. The van der Waals surface area contributed by atoms with Gasteiger partial charge in [-0.1, -0.05) is 13.8 Å². The summed E-state index contributed by atoms with van der Waals surface area (Å²) in [5.41, 5.74) is 0. The molecule has 1 fully saturated rings. The smallest absolute Gasteiger partial charge is 0.230 e. The molecule has 4 nitrogen and oxygen atoms in total. The first-order chi connectivity index (χ1) is 11.6. The highest BCUT2D eigenvalue weighted by molar-refractivity contribution is 8.00. The molecule has 0 unspecified atom stereocenters. The van der Waals surface area contributed by atoms with Crippen LogP contribution in [0.2, 0.25) is 0 Å². The van der Waals surface area contributed by atoms with Gasteiger partial charge in [-0.2, -0.15) is 0 Å². The van der Waals surface area contributed by atoms with Gasteiger partial charge in [0.1, 0.15) is 5.75 Å². The Morgan fingerprint density at radius 3 is 2.54 bits per heavy atom. The normalized spacial score (nSPS) is 21.5. The average Bonchev–Trinajstić information content (AvgIpc) is 2.56. The van der Waals surface area contributed by atoms with Crippen molar-refractivity contribution in [1.82, 2.24) is 10.2 Å². The Morgan fingerprint density at radius 1 is 1.25 bits per heavy atom. The van der Waals surface area contributed by atoms with E-state index < -0.39 is 0 Å². The van der Waals surface area contributed by atoms with Crippen LogP contribution in [0.15, 0.2) is 29.2 Å². The van der Waals surface area contributed by atoms with E-state index in [0.717, 1.165) is 42.0 Å². The number of thioether (sulfide) groups is 1. The van der Waals surface area contributed by atoms with Gasteiger partial charge in [-0.05, 0) is 55.5 Å². The molecule has 1 N–H and O–H groups in total. The summed E-state index contributed by atoms with van der Waals surface area (Å²) in [4.78, 5) is 15.5. The number of rotatable bonds is 8. The fourth-order valence-corrected chi connectivity index (χ4v) is 4.11. The topological polar surface area (TPSA) is 41.6 Å². The summed E-state index contributed by atoms with van der Waals surface area (Å²) in [6, 6.07) is 7.80. The molecule has 1 aromatic rings. The predicted octanol–water partition coefficient (Wildman–Crippen LogP) is 3.27. The van der Waals surface area contributed by atoms with Crippen molar-refractivity contribution in [1.29, 1.82) is 0 Å². The second-order valence-corrected chi connectivity index (χ2v) is 7.92. The fourth-order valence-electron chi connectivity index (χ4n) is 3.38. The zero-order valence-electron chi connectivity index (χ0n) is 15.1.